The van der Waals surface area contributed by atoms with Gasteiger partial charge in [-0.3, -0.25) is 4.79 Å². The van der Waals surface area contributed by atoms with E-state index in [1.54, 1.807) is 0 Å². The molecule has 0 saturated carbocycles. The topological polar surface area (TPSA) is 26.3 Å². The normalized spacial score (nSPS) is 13.9. The van der Waals surface area contributed by atoms with Crippen LogP contribution in [0.15, 0.2) is 16.6 Å². The summed E-state index contributed by atoms with van der Waals surface area (Å²) >= 11 is 3.39. The first-order chi connectivity index (χ1) is 6.59. The molecule has 0 N–H and O–H groups in total. The summed E-state index contributed by atoms with van der Waals surface area (Å²) < 4.78 is 6.47. The molecule has 0 aromatic heterocycles. The van der Waals surface area contributed by atoms with E-state index in [-0.39, 0.29) is 11.9 Å². The van der Waals surface area contributed by atoms with Crippen LogP contribution in [0.1, 0.15) is 29.8 Å². The van der Waals surface area contributed by atoms with Crippen LogP contribution in [-0.2, 0) is 6.42 Å². The molecule has 0 saturated heterocycles. The number of fused-ring (bicyclic) bond motifs is 1. The fourth-order valence-electron chi connectivity index (χ4n) is 1.56. The van der Waals surface area contributed by atoms with Crippen LogP contribution < -0.4 is 4.74 Å². The minimum Gasteiger partial charge on any atom is -0.489 e. The smallest absolute Gasteiger partial charge is 0.171 e. The van der Waals surface area contributed by atoms with Crippen molar-refractivity contribution in [2.75, 3.05) is 0 Å². The van der Waals surface area contributed by atoms with Crippen molar-refractivity contribution in [3.63, 3.8) is 0 Å². The molecule has 3 heteroatoms. The molecule has 14 heavy (non-hydrogen) atoms. The number of hydrogen-bond donors (Lipinski definition) is 0. The number of halogens is 1. The lowest BCUT2D eigenvalue weighted by molar-refractivity contribution is 0.0960. The number of carbonyl (C=O) groups excluding carboxylic acids is 1. The van der Waals surface area contributed by atoms with Crippen LogP contribution in [-0.4, -0.2) is 11.9 Å². The molecule has 0 heterocycles. The van der Waals surface area contributed by atoms with Gasteiger partial charge in [-0.1, -0.05) is 6.07 Å². The minimum atomic E-state index is 0.0891. The van der Waals surface area contributed by atoms with Crippen molar-refractivity contribution >= 4 is 21.7 Å². The number of carbonyl (C=O) groups is 1. The average Bonchev–Trinajstić information content (AvgIpc) is 2.07. The lowest BCUT2D eigenvalue weighted by Gasteiger charge is -2.23. The zero-order valence-corrected chi connectivity index (χ0v) is 9.72. The molecule has 0 fully saturated rings. The summed E-state index contributed by atoms with van der Waals surface area (Å²) in [5.74, 6) is 0.880. The van der Waals surface area contributed by atoms with Gasteiger partial charge in [-0.2, -0.15) is 0 Å². The maximum Gasteiger partial charge on any atom is 0.171 e. The first kappa shape index (κ1) is 9.71. The van der Waals surface area contributed by atoms with Crippen molar-refractivity contribution in [1.82, 2.24) is 0 Å². The third kappa shape index (κ3) is 1.46. The van der Waals surface area contributed by atoms with Crippen LogP contribution >= 0.6 is 15.9 Å². The summed E-state index contributed by atoms with van der Waals surface area (Å²) in [5.41, 5.74) is 1.85. The Morgan fingerprint density at radius 2 is 2.14 bits per heavy atom. The summed E-state index contributed by atoms with van der Waals surface area (Å²) in [6.45, 7) is 3.91. The summed E-state index contributed by atoms with van der Waals surface area (Å²) in [4.78, 5) is 11.4. The van der Waals surface area contributed by atoms with Gasteiger partial charge in [-0.05, 0) is 41.4 Å². The van der Waals surface area contributed by atoms with Gasteiger partial charge in [0.1, 0.15) is 5.75 Å². The number of Topliss-reactive ketones (excluding diaryl/α,β-unsaturated/α-hetero) is 1. The summed E-state index contributed by atoms with van der Waals surface area (Å²) in [6, 6.07) is 3.90. The average molecular weight is 255 g/mol. The van der Waals surface area contributed by atoms with E-state index >= 15 is 0 Å². The van der Waals surface area contributed by atoms with Gasteiger partial charge in [0.05, 0.1) is 16.1 Å². The molecule has 0 aliphatic heterocycles. The SMILES string of the molecule is CC(C)Oc1c(Br)ccc2c1C(=O)C2. The predicted octanol–water partition coefficient (Wildman–Crippen LogP) is 2.98. The third-order valence-electron chi connectivity index (χ3n) is 2.18. The maximum absolute atomic E-state index is 11.4. The predicted molar refractivity (Wildman–Crippen MR) is 57.9 cm³/mol. The van der Waals surface area contributed by atoms with Gasteiger partial charge in [-0.15, -0.1) is 0 Å². The molecule has 1 aliphatic rings. The molecule has 74 valence electrons. The zero-order valence-electron chi connectivity index (χ0n) is 8.13. The summed E-state index contributed by atoms with van der Waals surface area (Å²) in [6.07, 6.45) is 0.642. The van der Waals surface area contributed by atoms with Gasteiger partial charge in [0.25, 0.3) is 0 Å². The second-order valence-electron chi connectivity index (χ2n) is 3.68. The third-order valence-corrected chi connectivity index (χ3v) is 2.80. The Morgan fingerprint density at radius 3 is 2.71 bits per heavy atom. The van der Waals surface area contributed by atoms with Gasteiger partial charge in [0.15, 0.2) is 5.78 Å². The largest absolute Gasteiger partial charge is 0.489 e. The highest BCUT2D eigenvalue weighted by Crippen LogP contribution is 2.38. The number of rotatable bonds is 2. The first-order valence-corrected chi connectivity index (χ1v) is 5.40. The Balaban J connectivity index is 2.46. The van der Waals surface area contributed by atoms with Crippen LogP contribution in [0.2, 0.25) is 0 Å². The number of benzene rings is 1. The van der Waals surface area contributed by atoms with Gasteiger partial charge in [0, 0.05) is 6.42 Å². The van der Waals surface area contributed by atoms with Gasteiger partial charge in [-0.25, -0.2) is 0 Å². The second-order valence-corrected chi connectivity index (χ2v) is 4.53. The highest BCUT2D eigenvalue weighted by Gasteiger charge is 2.29. The maximum atomic E-state index is 11.4. The number of hydrogen-bond acceptors (Lipinski definition) is 2. The van der Waals surface area contributed by atoms with Crippen molar-refractivity contribution in [1.29, 1.82) is 0 Å². The van der Waals surface area contributed by atoms with Gasteiger partial charge >= 0.3 is 0 Å². The molecular weight excluding hydrogens is 244 g/mol. The second kappa shape index (κ2) is 3.39. The van der Waals surface area contributed by atoms with E-state index in [4.69, 9.17) is 4.74 Å². The van der Waals surface area contributed by atoms with Crippen molar-refractivity contribution in [3.05, 3.63) is 27.7 Å². The Labute approximate surface area is 91.4 Å². The monoisotopic (exact) mass is 254 g/mol. The Morgan fingerprint density at radius 1 is 1.43 bits per heavy atom. The standard InChI is InChI=1S/C11H11BrO2/c1-6(2)14-11-8(12)4-3-7-5-9(13)10(7)11/h3-4,6H,5H2,1-2H3. The van der Waals surface area contributed by atoms with Crippen LogP contribution in [0.25, 0.3) is 0 Å². The van der Waals surface area contributed by atoms with Crippen molar-refractivity contribution in [2.24, 2.45) is 0 Å². The Kier molecular flexibility index (Phi) is 2.35. The highest BCUT2D eigenvalue weighted by atomic mass is 79.9. The first-order valence-electron chi connectivity index (χ1n) is 4.61. The van der Waals surface area contributed by atoms with E-state index in [1.165, 1.54) is 0 Å². The lowest BCUT2D eigenvalue weighted by atomic mass is 9.86. The van der Waals surface area contributed by atoms with Crippen LogP contribution in [0.4, 0.5) is 0 Å². The quantitative estimate of drug-likeness (QED) is 0.812. The molecule has 2 rings (SSSR count). The number of ether oxygens (including phenoxy) is 1. The molecule has 0 amide bonds. The Bertz CT molecular complexity index is 397. The summed E-state index contributed by atoms with van der Waals surface area (Å²) in [5, 5.41) is 0. The zero-order chi connectivity index (χ0) is 10.3. The highest BCUT2D eigenvalue weighted by molar-refractivity contribution is 9.10. The van der Waals surface area contributed by atoms with Gasteiger partial charge < -0.3 is 4.74 Å². The van der Waals surface area contributed by atoms with Crippen molar-refractivity contribution < 1.29 is 9.53 Å². The lowest BCUT2D eigenvalue weighted by Crippen LogP contribution is -2.22. The molecule has 2 nitrogen and oxygen atoms in total. The van der Waals surface area contributed by atoms with E-state index in [0.29, 0.717) is 12.2 Å². The molecule has 0 atom stereocenters. The van der Waals surface area contributed by atoms with Crippen molar-refractivity contribution in [3.8, 4) is 5.75 Å². The molecule has 0 radical (unpaired) electrons. The van der Waals surface area contributed by atoms with Crippen molar-refractivity contribution in [2.45, 2.75) is 26.4 Å². The van der Waals surface area contributed by atoms with Crippen LogP contribution in [0.5, 0.6) is 5.75 Å². The van der Waals surface area contributed by atoms with E-state index < -0.39 is 0 Å². The molecule has 1 aromatic rings. The fourth-order valence-corrected chi connectivity index (χ4v) is 1.98. The van der Waals surface area contributed by atoms with E-state index in [2.05, 4.69) is 15.9 Å². The van der Waals surface area contributed by atoms with Gasteiger partial charge in [0.2, 0.25) is 0 Å². The fraction of sp³-hybridized carbons (Fsp3) is 0.364. The number of ketones is 1. The molecule has 0 bridgehead atoms. The molecule has 1 aliphatic carbocycles. The van der Waals surface area contributed by atoms with E-state index in [9.17, 15) is 4.79 Å². The Hall–Kier alpha value is -0.830. The minimum absolute atomic E-state index is 0.0891. The summed E-state index contributed by atoms with van der Waals surface area (Å²) in [7, 11) is 0. The van der Waals surface area contributed by atoms with E-state index in [0.717, 1.165) is 15.6 Å². The van der Waals surface area contributed by atoms with E-state index in [1.807, 2.05) is 26.0 Å². The molecule has 1 aromatic carbocycles. The van der Waals surface area contributed by atoms with Crippen LogP contribution in [0.3, 0.4) is 0 Å². The van der Waals surface area contributed by atoms with Crippen LogP contribution in [0, 0.1) is 0 Å². The molecule has 0 spiro atoms. The molecular formula is C11H11BrO2. The molecule has 0 unspecified atom stereocenters.